The molecule has 0 aliphatic rings. The summed E-state index contributed by atoms with van der Waals surface area (Å²) in [6.45, 7) is 0. The number of rotatable bonds is 3. The summed E-state index contributed by atoms with van der Waals surface area (Å²) in [5, 5.41) is 16.6. The van der Waals surface area contributed by atoms with Crippen LogP contribution in [0.2, 0.25) is 0 Å². The van der Waals surface area contributed by atoms with E-state index in [2.05, 4.69) is 15.2 Å². The molecule has 0 radical (unpaired) electrons. The predicted molar refractivity (Wildman–Crippen MR) is 101 cm³/mol. The van der Waals surface area contributed by atoms with Crippen molar-refractivity contribution in [2.24, 2.45) is 0 Å². The highest BCUT2D eigenvalue weighted by Gasteiger charge is 2.13. The molecule has 0 unspecified atom stereocenters. The number of aromatic nitrogens is 3. The van der Waals surface area contributed by atoms with Crippen LogP contribution in [0.1, 0.15) is 5.56 Å². The van der Waals surface area contributed by atoms with Gasteiger partial charge in [-0.3, -0.25) is 0 Å². The third-order valence-corrected chi connectivity index (χ3v) is 4.32. The average molecular weight is 388 g/mol. The summed E-state index contributed by atoms with van der Waals surface area (Å²) in [5.74, 6) is -1.96. The minimum absolute atomic E-state index is 0.00942. The van der Waals surface area contributed by atoms with Crippen LogP contribution in [0.4, 0.5) is 13.2 Å². The first-order chi connectivity index (χ1) is 14.0. The lowest BCUT2D eigenvalue weighted by Gasteiger charge is -2.08. The molecule has 0 aliphatic carbocycles. The molecule has 4 aromatic rings. The largest absolute Gasteiger partial charge is 0.225 e. The second kappa shape index (κ2) is 7.52. The lowest BCUT2D eigenvalue weighted by molar-refractivity contribution is 0.584. The normalized spacial score (nSPS) is 10.6. The van der Waals surface area contributed by atoms with E-state index in [-0.39, 0.29) is 11.4 Å². The van der Waals surface area contributed by atoms with Crippen molar-refractivity contribution >= 4 is 0 Å². The molecule has 0 fully saturated rings. The molecule has 0 saturated heterocycles. The first-order valence-electron chi connectivity index (χ1n) is 8.51. The van der Waals surface area contributed by atoms with Gasteiger partial charge in [0.25, 0.3) is 0 Å². The standard InChI is InChI=1S/C22H11F3N4/c23-16-6-7-17(20(25)10-16)22-28-21(12-27-29-22)15-5-8-19(24)18(9-15)14-3-1-13(11-26)2-4-14/h1-10,12H. The zero-order valence-corrected chi connectivity index (χ0v) is 14.8. The molecule has 1 aromatic heterocycles. The maximum Gasteiger partial charge on any atom is 0.185 e. The van der Waals surface area contributed by atoms with Gasteiger partial charge in [0.1, 0.15) is 17.5 Å². The van der Waals surface area contributed by atoms with Crippen LogP contribution in [0.3, 0.4) is 0 Å². The first-order valence-corrected chi connectivity index (χ1v) is 8.51. The Morgan fingerprint density at radius 1 is 0.759 bits per heavy atom. The van der Waals surface area contributed by atoms with Crippen molar-refractivity contribution in [3.63, 3.8) is 0 Å². The fraction of sp³-hybridized carbons (Fsp3) is 0. The van der Waals surface area contributed by atoms with Crippen molar-refractivity contribution in [2.45, 2.75) is 0 Å². The topological polar surface area (TPSA) is 62.5 Å². The van der Waals surface area contributed by atoms with Crippen LogP contribution >= 0.6 is 0 Å². The third-order valence-electron chi connectivity index (χ3n) is 4.32. The highest BCUT2D eigenvalue weighted by Crippen LogP contribution is 2.29. The monoisotopic (exact) mass is 388 g/mol. The number of benzene rings is 3. The van der Waals surface area contributed by atoms with E-state index >= 15 is 0 Å². The lowest BCUT2D eigenvalue weighted by Crippen LogP contribution is -1.98. The lowest BCUT2D eigenvalue weighted by atomic mass is 10.00. The first kappa shape index (κ1) is 18.3. The summed E-state index contributed by atoms with van der Waals surface area (Å²) in [6, 6.07) is 16.0. The van der Waals surface area contributed by atoms with Gasteiger partial charge in [0.15, 0.2) is 5.82 Å². The molecule has 1 heterocycles. The number of hydrogen-bond acceptors (Lipinski definition) is 4. The van der Waals surface area contributed by atoms with Crippen LogP contribution < -0.4 is 0 Å². The van der Waals surface area contributed by atoms with Gasteiger partial charge in [-0.1, -0.05) is 12.1 Å². The van der Waals surface area contributed by atoms with Crippen LogP contribution in [-0.4, -0.2) is 15.2 Å². The predicted octanol–water partition coefficient (Wildman–Crippen LogP) is 5.16. The van der Waals surface area contributed by atoms with Crippen LogP contribution in [0, 0.1) is 28.8 Å². The van der Waals surface area contributed by atoms with Crippen molar-refractivity contribution in [1.29, 1.82) is 5.26 Å². The van der Waals surface area contributed by atoms with E-state index in [1.54, 1.807) is 30.3 Å². The Morgan fingerprint density at radius 2 is 1.52 bits per heavy atom. The maximum absolute atomic E-state index is 14.4. The molecule has 3 aromatic carbocycles. The molecule has 0 saturated carbocycles. The van der Waals surface area contributed by atoms with Crippen molar-refractivity contribution in [2.75, 3.05) is 0 Å². The highest BCUT2D eigenvalue weighted by molar-refractivity contribution is 5.72. The molecule has 29 heavy (non-hydrogen) atoms. The molecule has 0 amide bonds. The quantitative estimate of drug-likeness (QED) is 0.486. The van der Waals surface area contributed by atoms with Crippen LogP contribution in [0.15, 0.2) is 66.9 Å². The average Bonchev–Trinajstić information content (AvgIpc) is 2.74. The highest BCUT2D eigenvalue weighted by atomic mass is 19.1. The number of nitriles is 1. The van der Waals surface area contributed by atoms with Crippen molar-refractivity contribution in [3.05, 3.63) is 89.9 Å². The number of hydrogen-bond donors (Lipinski definition) is 0. The minimum atomic E-state index is -0.804. The molecule has 0 bridgehead atoms. The summed E-state index contributed by atoms with van der Waals surface area (Å²) in [4.78, 5) is 4.29. The summed E-state index contributed by atoms with van der Waals surface area (Å²) in [7, 11) is 0. The van der Waals surface area contributed by atoms with E-state index in [1.165, 1.54) is 24.4 Å². The smallest absolute Gasteiger partial charge is 0.185 e. The second-order valence-electron chi connectivity index (χ2n) is 6.17. The van der Waals surface area contributed by atoms with E-state index in [1.807, 2.05) is 6.07 Å². The fourth-order valence-electron chi connectivity index (χ4n) is 2.86. The third kappa shape index (κ3) is 3.69. The van der Waals surface area contributed by atoms with E-state index in [4.69, 9.17) is 5.26 Å². The number of halogens is 3. The Kier molecular flexibility index (Phi) is 4.75. The van der Waals surface area contributed by atoms with Gasteiger partial charge in [0.2, 0.25) is 0 Å². The minimum Gasteiger partial charge on any atom is -0.225 e. The fourth-order valence-corrected chi connectivity index (χ4v) is 2.86. The van der Waals surface area contributed by atoms with Gasteiger partial charge in [0, 0.05) is 17.2 Å². The molecule has 7 heteroatoms. The molecule has 140 valence electrons. The van der Waals surface area contributed by atoms with E-state index < -0.39 is 17.5 Å². The van der Waals surface area contributed by atoms with Gasteiger partial charge < -0.3 is 0 Å². The van der Waals surface area contributed by atoms with E-state index in [0.717, 1.165) is 12.1 Å². The molecule has 4 nitrogen and oxygen atoms in total. The summed E-state index contributed by atoms with van der Waals surface area (Å²) in [6.07, 6.45) is 1.38. The molecular weight excluding hydrogens is 377 g/mol. The van der Waals surface area contributed by atoms with Crippen LogP contribution in [0.25, 0.3) is 33.8 Å². The second-order valence-corrected chi connectivity index (χ2v) is 6.17. The summed E-state index contributed by atoms with van der Waals surface area (Å²) >= 11 is 0. The SMILES string of the molecule is N#Cc1ccc(-c2cc(-c3cnnc(-c4ccc(F)cc4F)n3)ccc2F)cc1. The van der Waals surface area contributed by atoms with Gasteiger partial charge >= 0.3 is 0 Å². The Bertz CT molecular complexity index is 1250. The van der Waals surface area contributed by atoms with Gasteiger partial charge in [-0.05, 0) is 48.0 Å². The van der Waals surface area contributed by atoms with E-state index in [0.29, 0.717) is 27.9 Å². The van der Waals surface area contributed by atoms with Crippen LogP contribution in [-0.2, 0) is 0 Å². The van der Waals surface area contributed by atoms with Gasteiger partial charge in [-0.25, -0.2) is 18.2 Å². The molecular formula is C22H11F3N4. The van der Waals surface area contributed by atoms with Crippen molar-refractivity contribution < 1.29 is 13.2 Å². The van der Waals surface area contributed by atoms with Gasteiger partial charge in [0.05, 0.1) is 29.1 Å². The molecule has 0 N–H and O–H groups in total. The molecule has 0 aliphatic heterocycles. The van der Waals surface area contributed by atoms with Crippen molar-refractivity contribution in [3.8, 4) is 39.8 Å². The molecule has 0 atom stereocenters. The Morgan fingerprint density at radius 3 is 2.24 bits per heavy atom. The van der Waals surface area contributed by atoms with Crippen molar-refractivity contribution in [1.82, 2.24) is 15.2 Å². The van der Waals surface area contributed by atoms with E-state index in [9.17, 15) is 13.2 Å². The Balaban J connectivity index is 1.76. The number of nitrogens with zero attached hydrogens (tertiary/aromatic N) is 4. The summed E-state index contributed by atoms with van der Waals surface area (Å²) < 4.78 is 41.6. The van der Waals surface area contributed by atoms with Gasteiger partial charge in [-0.2, -0.15) is 10.4 Å². The van der Waals surface area contributed by atoms with Gasteiger partial charge in [-0.15, -0.1) is 5.10 Å². The van der Waals surface area contributed by atoms with Crippen LogP contribution in [0.5, 0.6) is 0 Å². The Hall–Kier alpha value is -4.05. The zero-order valence-electron chi connectivity index (χ0n) is 14.8. The molecule has 0 spiro atoms. The Labute approximate surface area is 163 Å². The zero-order chi connectivity index (χ0) is 20.4. The maximum atomic E-state index is 14.4. The molecule has 4 rings (SSSR count). The summed E-state index contributed by atoms with van der Waals surface area (Å²) in [5.41, 5.74) is 2.29.